The second-order valence-corrected chi connectivity index (χ2v) is 7.09. The lowest BCUT2D eigenvalue weighted by Crippen LogP contribution is -2.32. The number of methoxy groups -OCH3 is 1. The van der Waals surface area contributed by atoms with Gasteiger partial charge in [-0.25, -0.2) is 0 Å². The van der Waals surface area contributed by atoms with Gasteiger partial charge < -0.3 is 19.5 Å². The number of aliphatic hydroxyl groups excluding tert-OH is 1. The molecule has 1 saturated heterocycles. The third kappa shape index (κ3) is 4.32. The van der Waals surface area contributed by atoms with Crippen LogP contribution in [0, 0.1) is 0 Å². The molecule has 6 nitrogen and oxygen atoms in total. The molecular formula is C23H25NO5. The van der Waals surface area contributed by atoms with E-state index in [1.165, 1.54) is 12.0 Å². The van der Waals surface area contributed by atoms with Gasteiger partial charge in [0.05, 0.1) is 24.3 Å². The molecule has 2 aromatic carbocycles. The number of hydrogen-bond acceptors (Lipinski definition) is 5. The molecule has 152 valence electrons. The molecule has 1 fully saturated rings. The maximum Gasteiger partial charge on any atom is 0.295 e. The molecule has 0 radical (unpaired) electrons. The number of benzene rings is 2. The van der Waals surface area contributed by atoms with E-state index in [9.17, 15) is 14.7 Å². The van der Waals surface area contributed by atoms with Crippen molar-refractivity contribution in [1.82, 2.24) is 4.90 Å². The highest BCUT2D eigenvalue weighted by atomic mass is 16.5. The van der Waals surface area contributed by atoms with E-state index < -0.39 is 17.7 Å². The van der Waals surface area contributed by atoms with E-state index in [0.717, 1.165) is 0 Å². The van der Waals surface area contributed by atoms with E-state index in [1.807, 2.05) is 32.0 Å². The number of likely N-dealkylation sites (tertiary alicyclic amines) is 1. The van der Waals surface area contributed by atoms with E-state index in [1.54, 1.807) is 36.4 Å². The molecule has 3 rings (SSSR count). The predicted molar refractivity (Wildman–Crippen MR) is 110 cm³/mol. The number of carbonyl (C=O) groups is 2. The largest absolute Gasteiger partial charge is 0.507 e. The molecule has 2 aromatic rings. The molecule has 29 heavy (non-hydrogen) atoms. The Kier molecular flexibility index (Phi) is 6.34. The normalized spacial score (nSPS) is 18.5. The number of ketones is 1. The van der Waals surface area contributed by atoms with Crippen molar-refractivity contribution in [2.75, 3.05) is 20.3 Å². The second kappa shape index (κ2) is 8.92. The number of carbonyl (C=O) groups excluding carboxylic acids is 2. The Morgan fingerprint density at radius 2 is 1.72 bits per heavy atom. The zero-order valence-corrected chi connectivity index (χ0v) is 16.8. The maximum atomic E-state index is 12.8. The second-order valence-electron chi connectivity index (χ2n) is 7.09. The zero-order chi connectivity index (χ0) is 21.0. The molecule has 0 aliphatic carbocycles. The van der Waals surface area contributed by atoms with Crippen molar-refractivity contribution in [3.8, 4) is 5.75 Å². The van der Waals surface area contributed by atoms with Gasteiger partial charge in [0.25, 0.3) is 11.7 Å². The maximum absolute atomic E-state index is 12.8. The number of Topliss-reactive ketones (excluding diaryl/α,β-unsaturated/α-hetero) is 1. The summed E-state index contributed by atoms with van der Waals surface area (Å²) in [6.07, 6.45) is 0.0336. The highest BCUT2D eigenvalue weighted by Crippen LogP contribution is 2.39. The Balaban J connectivity index is 2.08. The van der Waals surface area contributed by atoms with Gasteiger partial charge in [-0.05, 0) is 31.5 Å². The van der Waals surface area contributed by atoms with Crippen LogP contribution in [-0.2, 0) is 14.3 Å². The first kappa shape index (κ1) is 20.6. The molecule has 1 amide bonds. The minimum Gasteiger partial charge on any atom is -0.507 e. The molecule has 1 atom stereocenters. The average molecular weight is 395 g/mol. The standard InChI is InChI=1S/C23H25NO5/c1-15(2)29-18-11-9-16(10-12-18)20-19(21(25)17-7-5-4-6-8-17)22(26)23(27)24(20)13-14-28-3/h4-12,15,20,25H,13-14H2,1-3H3/b21-19-. The summed E-state index contributed by atoms with van der Waals surface area (Å²) in [5, 5.41) is 10.9. The van der Waals surface area contributed by atoms with Crippen molar-refractivity contribution in [2.24, 2.45) is 0 Å². The fraction of sp³-hybridized carbons (Fsp3) is 0.304. The van der Waals surface area contributed by atoms with Crippen molar-refractivity contribution < 1.29 is 24.2 Å². The van der Waals surface area contributed by atoms with Gasteiger partial charge >= 0.3 is 0 Å². The summed E-state index contributed by atoms with van der Waals surface area (Å²) in [6.45, 7) is 4.39. The van der Waals surface area contributed by atoms with Crippen LogP contribution < -0.4 is 4.74 Å². The Morgan fingerprint density at radius 1 is 1.07 bits per heavy atom. The topological polar surface area (TPSA) is 76.1 Å². The number of ether oxygens (including phenoxy) is 2. The molecule has 1 aliphatic rings. The van der Waals surface area contributed by atoms with Crippen LogP contribution in [0.4, 0.5) is 0 Å². The minimum atomic E-state index is -0.699. The first-order valence-electron chi connectivity index (χ1n) is 9.53. The van der Waals surface area contributed by atoms with Gasteiger partial charge in [-0.1, -0.05) is 42.5 Å². The summed E-state index contributed by atoms with van der Waals surface area (Å²) in [5.74, 6) is -0.834. The highest BCUT2D eigenvalue weighted by molar-refractivity contribution is 6.46. The highest BCUT2D eigenvalue weighted by Gasteiger charge is 2.45. The van der Waals surface area contributed by atoms with Gasteiger partial charge in [0.1, 0.15) is 11.5 Å². The quantitative estimate of drug-likeness (QED) is 0.441. The van der Waals surface area contributed by atoms with Crippen LogP contribution in [0.2, 0.25) is 0 Å². The van der Waals surface area contributed by atoms with Gasteiger partial charge in [-0.15, -0.1) is 0 Å². The monoisotopic (exact) mass is 395 g/mol. The van der Waals surface area contributed by atoms with Crippen molar-refractivity contribution in [2.45, 2.75) is 26.0 Å². The molecule has 0 bridgehead atoms. The minimum absolute atomic E-state index is 0.0336. The van der Waals surface area contributed by atoms with Gasteiger partial charge in [0.2, 0.25) is 0 Å². The van der Waals surface area contributed by atoms with Gasteiger partial charge in [0, 0.05) is 19.2 Å². The molecule has 1 aliphatic heterocycles. The molecule has 6 heteroatoms. The Labute approximate surface area is 170 Å². The molecule has 1 unspecified atom stereocenters. The zero-order valence-electron chi connectivity index (χ0n) is 16.8. The average Bonchev–Trinajstić information content (AvgIpc) is 2.97. The summed E-state index contributed by atoms with van der Waals surface area (Å²) in [7, 11) is 1.54. The van der Waals surface area contributed by atoms with Gasteiger partial charge in [0.15, 0.2) is 0 Å². The summed E-state index contributed by atoms with van der Waals surface area (Å²) >= 11 is 0. The number of amides is 1. The van der Waals surface area contributed by atoms with E-state index in [0.29, 0.717) is 16.9 Å². The van der Waals surface area contributed by atoms with Gasteiger partial charge in [-0.3, -0.25) is 9.59 Å². The number of aliphatic hydroxyl groups is 1. The van der Waals surface area contributed by atoms with Crippen LogP contribution in [0.5, 0.6) is 5.75 Å². The van der Waals surface area contributed by atoms with E-state index >= 15 is 0 Å². The first-order chi connectivity index (χ1) is 13.9. The number of nitrogens with zero attached hydrogens (tertiary/aromatic N) is 1. The molecular weight excluding hydrogens is 370 g/mol. The van der Waals surface area contributed by atoms with Crippen LogP contribution in [0.3, 0.4) is 0 Å². The first-order valence-corrected chi connectivity index (χ1v) is 9.53. The van der Waals surface area contributed by atoms with Crippen LogP contribution in [0.15, 0.2) is 60.2 Å². The summed E-state index contributed by atoms with van der Waals surface area (Å²) in [4.78, 5) is 27.0. The fourth-order valence-electron chi connectivity index (χ4n) is 3.40. The van der Waals surface area contributed by atoms with E-state index in [4.69, 9.17) is 9.47 Å². The molecule has 1 heterocycles. The lowest BCUT2D eigenvalue weighted by Gasteiger charge is -2.25. The predicted octanol–water partition coefficient (Wildman–Crippen LogP) is 3.54. The molecule has 1 N–H and O–H groups in total. The van der Waals surface area contributed by atoms with Crippen molar-refractivity contribution in [3.63, 3.8) is 0 Å². The summed E-state index contributed by atoms with van der Waals surface area (Å²) in [5.41, 5.74) is 1.28. The van der Waals surface area contributed by atoms with E-state index in [-0.39, 0.29) is 30.6 Å². The van der Waals surface area contributed by atoms with Crippen LogP contribution in [-0.4, -0.2) is 48.1 Å². The fourth-order valence-corrected chi connectivity index (χ4v) is 3.40. The number of rotatable bonds is 7. The molecule has 0 aromatic heterocycles. The third-order valence-corrected chi connectivity index (χ3v) is 4.69. The Morgan fingerprint density at radius 3 is 2.31 bits per heavy atom. The number of hydrogen-bond donors (Lipinski definition) is 1. The van der Waals surface area contributed by atoms with Crippen LogP contribution in [0.25, 0.3) is 5.76 Å². The van der Waals surface area contributed by atoms with Gasteiger partial charge in [-0.2, -0.15) is 0 Å². The van der Waals surface area contributed by atoms with E-state index in [2.05, 4.69) is 0 Å². The lowest BCUT2D eigenvalue weighted by atomic mass is 9.95. The summed E-state index contributed by atoms with van der Waals surface area (Å²) in [6, 6.07) is 15.3. The Hall–Kier alpha value is -3.12. The SMILES string of the molecule is COCCN1C(=O)C(=O)/C(=C(\O)c2ccccc2)C1c1ccc(OC(C)C)cc1. The van der Waals surface area contributed by atoms with Crippen molar-refractivity contribution in [3.05, 3.63) is 71.3 Å². The van der Waals surface area contributed by atoms with Crippen molar-refractivity contribution in [1.29, 1.82) is 0 Å². The molecule has 0 saturated carbocycles. The van der Waals surface area contributed by atoms with Crippen molar-refractivity contribution >= 4 is 17.4 Å². The lowest BCUT2D eigenvalue weighted by molar-refractivity contribution is -0.140. The third-order valence-electron chi connectivity index (χ3n) is 4.69. The van der Waals surface area contributed by atoms with Crippen LogP contribution in [0.1, 0.15) is 31.0 Å². The molecule has 0 spiro atoms. The van der Waals surface area contributed by atoms with Crippen LogP contribution >= 0.6 is 0 Å². The summed E-state index contributed by atoms with van der Waals surface area (Å²) < 4.78 is 10.8. The smallest absolute Gasteiger partial charge is 0.295 e. The Bertz CT molecular complexity index is 903.